The van der Waals surface area contributed by atoms with E-state index in [1.54, 1.807) is 0 Å². The molecule has 5 heterocycles. The van der Waals surface area contributed by atoms with Gasteiger partial charge in [0.1, 0.15) is 0 Å². The Morgan fingerprint density at radius 1 is 0.232 bits per heavy atom. The summed E-state index contributed by atoms with van der Waals surface area (Å²) in [6.07, 6.45) is 0. The van der Waals surface area contributed by atoms with Gasteiger partial charge in [0.2, 0.25) is 0 Å². The Labute approximate surface area is 651 Å². The smallest absolute Gasteiger partial charge is 0.252 e. The molecule has 0 N–H and O–H groups in total. The zero-order valence-corrected chi connectivity index (χ0v) is 63.3. The first-order chi connectivity index (χ1) is 54.9. The van der Waals surface area contributed by atoms with Crippen LogP contribution < -0.4 is 26.2 Å². The first-order valence-electron chi connectivity index (χ1n) is 39.4. The Morgan fingerprint density at radius 3 is 0.875 bits per heavy atom. The molecule has 2 aliphatic heterocycles. The van der Waals surface area contributed by atoms with Crippen LogP contribution in [-0.2, 0) is 10.8 Å². The van der Waals surface area contributed by atoms with Crippen LogP contribution in [0.5, 0.6) is 0 Å². The minimum Gasteiger partial charge on any atom is -0.310 e. The van der Waals surface area contributed by atoms with Crippen LogP contribution in [0.15, 0.2) is 352 Å². The molecule has 0 aliphatic carbocycles. The SMILES string of the molecule is CC(C)(C)c1cc(-c2ccccc2)c(N2c3cc(-n4c5ccccc5c5ccccc54)ccc3B3c4ccc(-n5c6ccccc6c6ccccc65)cc4N(c4c(-c5ccccc5)cc(C(C)(C)C)cc4-c4ccccc4)c4cc(-n5c6ccc7cccc8c9cccc%10ccc5c(c%109)c6c78)cc2c43)c(-c2ccccc2)c1. The molecule has 0 atom stereocenters. The normalized spacial score (nSPS) is 13.0. The quantitative estimate of drug-likeness (QED) is 0.0816. The van der Waals surface area contributed by atoms with Gasteiger partial charge in [0.25, 0.3) is 6.71 Å². The molecule has 112 heavy (non-hydrogen) atoms. The summed E-state index contributed by atoms with van der Waals surface area (Å²) in [5.41, 5.74) is 31.7. The largest absolute Gasteiger partial charge is 0.310 e. The van der Waals surface area contributed by atoms with Crippen LogP contribution >= 0.6 is 0 Å². The molecule has 0 saturated heterocycles. The Bertz CT molecular complexity index is 6790. The van der Waals surface area contributed by atoms with Crippen molar-refractivity contribution in [1.82, 2.24) is 13.7 Å². The molecular weight excluding hydrogens is 1350 g/mol. The van der Waals surface area contributed by atoms with Gasteiger partial charge >= 0.3 is 0 Å². The number of rotatable bonds is 9. The van der Waals surface area contributed by atoms with Crippen molar-refractivity contribution in [3.05, 3.63) is 363 Å². The number of aromatic nitrogens is 3. The molecule has 0 fully saturated rings. The summed E-state index contributed by atoms with van der Waals surface area (Å²) in [6, 6.07) is 135. The van der Waals surface area contributed by atoms with Gasteiger partial charge in [-0.25, -0.2) is 0 Å². The van der Waals surface area contributed by atoms with Gasteiger partial charge in [0.15, 0.2) is 0 Å². The molecule has 528 valence electrons. The lowest BCUT2D eigenvalue weighted by atomic mass is 9.33. The van der Waals surface area contributed by atoms with Gasteiger partial charge in [-0.05, 0) is 190 Å². The molecular formula is C106H76BN5. The van der Waals surface area contributed by atoms with Crippen LogP contribution in [0, 0.1) is 0 Å². The summed E-state index contributed by atoms with van der Waals surface area (Å²) < 4.78 is 7.68. The molecule has 3 aromatic heterocycles. The maximum absolute atomic E-state index is 2.75. The molecule has 23 rings (SSSR count). The Hall–Kier alpha value is -13.7. The highest BCUT2D eigenvalue weighted by Crippen LogP contribution is 2.57. The Balaban J connectivity index is 0.947. The monoisotopic (exact) mass is 1430 g/mol. The standard InChI is InChI=1S/C106H76BN5/c1-105(2,3)71-57-82(65-29-11-7-12-30-65)103(83(58-71)66-31-13-8-14-32-66)111-94-61-73(108-88-45-23-19-39-76(88)77-40-20-24-46-89(77)108)51-53-86(94)107-87-54-52-74(109-90-47-25-21-41-78(90)79-42-22-26-48-91(79)109)62-95(87)112(104-84(67-33-15-9-16-34-67)59-72(106(4,5)6)60-85(104)68-35-17-10-18-36-68)97-64-75(63-96(111)102(97)107)110-92-55-49-69-37-27-43-80-81-44-28-38-70-50-56-93(110)101(99(70)81)100(92)98(69)80/h7-64H,1-6H3. The third-order valence-electron chi connectivity index (χ3n) is 24.8. The van der Waals surface area contributed by atoms with Crippen molar-refractivity contribution in [1.29, 1.82) is 0 Å². The molecule has 0 radical (unpaired) electrons. The van der Waals surface area contributed by atoms with E-state index >= 15 is 0 Å². The third-order valence-corrected chi connectivity index (χ3v) is 24.8. The molecule has 0 saturated carbocycles. The summed E-state index contributed by atoms with van der Waals surface area (Å²) in [5.74, 6) is 0. The second-order valence-electron chi connectivity index (χ2n) is 33.1. The number of para-hydroxylation sites is 4. The first-order valence-corrected chi connectivity index (χ1v) is 39.4. The number of hydrogen-bond acceptors (Lipinski definition) is 2. The molecule has 5 nitrogen and oxygen atoms in total. The molecule has 0 bridgehead atoms. The van der Waals surface area contributed by atoms with Crippen molar-refractivity contribution in [2.24, 2.45) is 0 Å². The van der Waals surface area contributed by atoms with Crippen molar-refractivity contribution in [2.75, 3.05) is 9.80 Å². The van der Waals surface area contributed by atoms with Gasteiger partial charge in [0.05, 0.1) is 50.2 Å². The zero-order valence-electron chi connectivity index (χ0n) is 63.3. The lowest BCUT2D eigenvalue weighted by Crippen LogP contribution is -2.61. The molecule has 2 aliphatic rings. The second kappa shape index (κ2) is 23.9. The van der Waals surface area contributed by atoms with Crippen molar-refractivity contribution >= 4 is 155 Å². The number of fused-ring (bicyclic) bond motifs is 11. The highest BCUT2D eigenvalue weighted by molar-refractivity contribution is 7.00. The number of benzene rings is 18. The van der Waals surface area contributed by atoms with Crippen molar-refractivity contribution in [3.63, 3.8) is 0 Å². The van der Waals surface area contributed by atoms with E-state index in [-0.39, 0.29) is 17.5 Å². The molecule has 0 amide bonds. The Kier molecular flexibility index (Phi) is 13.7. The molecule has 18 aromatic carbocycles. The summed E-state index contributed by atoms with van der Waals surface area (Å²) >= 11 is 0. The highest BCUT2D eigenvalue weighted by atomic mass is 15.2. The average molecular weight is 1430 g/mol. The molecule has 6 heteroatoms. The highest BCUT2D eigenvalue weighted by Gasteiger charge is 2.47. The van der Waals surface area contributed by atoms with Crippen molar-refractivity contribution in [2.45, 2.75) is 52.4 Å². The van der Waals surface area contributed by atoms with E-state index in [0.29, 0.717) is 0 Å². The van der Waals surface area contributed by atoms with E-state index in [2.05, 4.69) is 417 Å². The Morgan fingerprint density at radius 2 is 0.536 bits per heavy atom. The molecule has 0 unspecified atom stereocenters. The van der Waals surface area contributed by atoms with Crippen LogP contribution in [0.3, 0.4) is 0 Å². The number of hydrogen-bond donors (Lipinski definition) is 0. The predicted molar refractivity (Wildman–Crippen MR) is 478 cm³/mol. The van der Waals surface area contributed by atoms with Gasteiger partial charge in [0, 0.05) is 88.7 Å². The van der Waals surface area contributed by atoms with Crippen LogP contribution in [0.2, 0.25) is 0 Å². The lowest BCUT2D eigenvalue weighted by Gasteiger charge is -2.46. The summed E-state index contributed by atoms with van der Waals surface area (Å²) in [5, 5.41) is 15.1. The average Bonchev–Trinajstić information content (AvgIpc) is 1.45. The lowest BCUT2D eigenvalue weighted by molar-refractivity contribution is 0.590. The molecule has 0 spiro atoms. The van der Waals surface area contributed by atoms with E-state index in [4.69, 9.17) is 0 Å². The van der Waals surface area contributed by atoms with Crippen LogP contribution in [0.1, 0.15) is 52.7 Å². The minimum atomic E-state index is -0.308. The van der Waals surface area contributed by atoms with Gasteiger partial charge in [-0.1, -0.05) is 296 Å². The summed E-state index contributed by atoms with van der Waals surface area (Å²) in [7, 11) is 0. The second-order valence-corrected chi connectivity index (χ2v) is 33.1. The van der Waals surface area contributed by atoms with E-state index in [0.717, 1.165) is 118 Å². The van der Waals surface area contributed by atoms with Crippen LogP contribution in [0.4, 0.5) is 34.1 Å². The van der Waals surface area contributed by atoms with E-state index in [9.17, 15) is 0 Å². The topological polar surface area (TPSA) is 21.3 Å². The zero-order chi connectivity index (χ0) is 74.6. The van der Waals surface area contributed by atoms with Gasteiger partial charge < -0.3 is 23.5 Å². The van der Waals surface area contributed by atoms with E-state index in [1.807, 2.05) is 0 Å². The minimum absolute atomic E-state index is 0.231. The first kappa shape index (κ1) is 64.3. The fourth-order valence-corrected chi connectivity index (χ4v) is 19.7. The van der Waals surface area contributed by atoms with E-state index < -0.39 is 0 Å². The van der Waals surface area contributed by atoms with Crippen molar-refractivity contribution in [3.8, 4) is 61.6 Å². The number of anilines is 6. The summed E-state index contributed by atoms with van der Waals surface area (Å²) in [6.45, 7) is 13.9. The fraction of sp³-hybridized carbons (Fsp3) is 0.0755. The third kappa shape index (κ3) is 9.33. The summed E-state index contributed by atoms with van der Waals surface area (Å²) in [4.78, 5) is 5.51. The number of nitrogens with zero attached hydrogens (tertiary/aromatic N) is 5. The van der Waals surface area contributed by atoms with Crippen LogP contribution in [0.25, 0.3) is 159 Å². The van der Waals surface area contributed by atoms with Gasteiger partial charge in [-0.2, -0.15) is 0 Å². The van der Waals surface area contributed by atoms with E-state index in [1.165, 1.54) is 103 Å². The van der Waals surface area contributed by atoms with Gasteiger partial charge in [-0.3, -0.25) is 0 Å². The van der Waals surface area contributed by atoms with Crippen molar-refractivity contribution < 1.29 is 0 Å². The maximum Gasteiger partial charge on any atom is 0.252 e. The molecule has 21 aromatic rings. The maximum atomic E-state index is 2.75. The fourth-order valence-electron chi connectivity index (χ4n) is 19.7. The predicted octanol–water partition coefficient (Wildman–Crippen LogP) is 26.7. The van der Waals surface area contributed by atoms with Crippen LogP contribution in [-0.4, -0.2) is 20.4 Å². The van der Waals surface area contributed by atoms with Gasteiger partial charge in [-0.15, -0.1) is 0 Å².